The van der Waals surface area contributed by atoms with Crippen molar-refractivity contribution < 1.29 is 9.59 Å². The first kappa shape index (κ1) is 20.1. The number of carbonyl (C=O) groups excluding carboxylic acids is 2. The summed E-state index contributed by atoms with van der Waals surface area (Å²) in [6.07, 6.45) is 3.60. The Morgan fingerprint density at radius 2 is 2.16 bits per heavy atom. The molecule has 0 bridgehead atoms. The zero-order chi connectivity index (χ0) is 18.2. The van der Waals surface area contributed by atoms with Crippen LogP contribution >= 0.6 is 23.4 Å². The number of hydrogen-bond acceptors (Lipinski definition) is 4. The first-order valence-electron chi connectivity index (χ1n) is 8.58. The largest absolute Gasteiger partial charge is 0.350 e. The zero-order valence-corrected chi connectivity index (χ0v) is 16.3. The van der Waals surface area contributed by atoms with Crippen molar-refractivity contribution in [1.29, 1.82) is 0 Å². The molecular weight excluding hydrogens is 358 g/mol. The summed E-state index contributed by atoms with van der Waals surface area (Å²) < 4.78 is 0. The minimum absolute atomic E-state index is 0.0928. The van der Waals surface area contributed by atoms with E-state index < -0.39 is 6.04 Å². The molecule has 1 aromatic rings. The van der Waals surface area contributed by atoms with E-state index in [1.165, 1.54) is 0 Å². The van der Waals surface area contributed by atoms with E-state index in [4.69, 9.17) is 11.6 Å². The van der Waals surface area contributed by atoms with E-state index in [2.05, 4.69) is 22.9 Å². The van der Waals surface area contributed by atoms with Crippen molar-refractivity contribution in [3.63, 3.8) is 0 Å². The van der Waals surface area contributed by atoms with Gasteiger partial charge in [0.05, 0.1) is 10.6 Å². The molecule has 0 aliphatic carbocycles. The van der Waals surface area contributed by atoms with Crippen LogP contribution in [-0.4, -0.2) is 49.0 Å². The second-order valence-corrected chi connectivity index (χ2v) is 7.77. The van der Waals surface area contributed by atoms with Gasteiger partial charge in [-0.15, -0.1) is 0 Å². The summed E-state index contributed by atoms with van der Waals surface area (Å²) in [5.41, 5.74) is 0.388. The number of rotatable bonds is 7. The van der Waals surface area contributed by atoms with Gasteiger partial charge in [-0.1, -0.05) is 30.7 Å². The van der Waals surface area contributed by atoms with Gasteiger partial charge >= 0.3 is 0 Å². The highest BCUT2D eigenvalue weighted by Gasteiger charge is 2.27. The van der Waals surface area contributed by atoms with Gasteiger partial charge in [-0.2, -0.15) is 11.8 Å². The van der Waals surface area contributed by atoms with Crippen LogP contribution in [0.25, 0.3) is 0 Å². The molecular formula is C18H26ClN3O2S. The normalized spacial score (nSPS) is 21.4. The van der Waals surface area contributed by atoms with Gasteiger partial charge in [0.2, 0.25) is 5.91 Å². The fourth-order valence-electron chi connectivity index (χ4n) is 2.85. The predicted octanol–water partition coefficient (Wildman–Crippen LogP) is 2.31. The highest BCUT2D eigenvalue weighted by molar-refractivity contribution is 7.98. The van der Waals surface area contributed by atoms with Crippen molar-refractivity contribution in [2.45, 2.75) is 31.8 Å². The van der Waals surface area contributed by atoms with E-state index in [9.17, 15) is 9.59 Å². The van der Waals surface area contributed by atoms with Crippen LogP contribution in [0, 0.1) is 5.92 Å². The Balaban J connectivity index is 2.03. The molecule has 1 saturated heterocycles. The van der Waals surface area contributed by atoms with Crippen molar-refractivity contribution >= 4 is 35.2 Å². The summed E-state index contributed by atoms with van der Waals surface area (Å²) in [7, 11) is 0. The Morgan fingerprint density at radius 1 is 1.40 bits per heavy atom. The molecule has 2 rings (SSSR count). The monoisotopic (exact) mass is 383 g/mol. The molecule has 1 aliphatic rings. The number of nitrogens with one attached hydrogen (secondary N) is 3. The molecule has 0 saturated carbocycles. The fraction of sp³-hybridized carbons (Fsp3) is 0.556. The van der Waals surface area contributed by atoms with Crippen molar-refractivity contribution in [2.75, 3.05) is 25.1 Å². The Labute approximate surface area is 158 Å². The quantitative estimate of drug-likeness (QED) is 0.675. The highest BCUT2D eigenvalue weighted by Crippen LogP contribution is 2.16. The molecule has 1 aromatic carbocycles. The summed E-state index contributed by atoms with van der Waals surface area (Å²) in [4.78, 5) is 25.2. The van der Waals surface area contributed by atoms with Crippen LogP contribution in [0.4, 0.5) is 0 Å². The standard InChI is InChI=1S/C18H26ClN3O2S/c1-12-7-9-20-11-16(12)22-18(24)15(8-10-25-2)21-17(23)13-5-3-4-6-14(13)19/h3-6,12,15-16,20H,7-11H2,1-2H3,(H,21,23)(H,22,24). The van der Waals surface area contributed by atoms with Gasteiger partial charge in [-0.05, 0) is 49.4 Å². The van der Waals surface area contributed by atoms with E-state index in [-0.39, 0.29) is 17.9 Å². The van der Waals surface area contributed by atoms with Gasteiger partial charge in [0.25, 0.3) is 5.91 Å². The molecule has 0 radical (unpaired) electrons. The van der Waals surface area contributed by atoms with Crippen LogP contribution in [0.2, 0.25) is 5.02 Å². The van der Waals surface area contributed by atoms with Gasteiger partial charge in [-0.25, -0.2) is 0 Å². The fourth-order valence-corrected chi connectivity index (χ4v) is 3.55. The van der Waals surface area contributed by atoms with E-state index in [1.807, 2.05) is 6.26 Å². The van der Waals surface area contributed by atoms with Gasteiger partial charge in [0, 0.05) is 12.6 Å². The molecule has 3 N–H and O–H groups in total. The lowest BCUT2D eigenvalue weighted by Gasteiger charge is -2.31. The van der Waals surface area contributed by atoms with Crippen molar-refractivity contribution in [3.05, 3.63) is 34.9 Å². The third-order valence-electron chi connectivity index (χ3n) is 4.51. The minimum atomic E-state index is -0.564. The molecule has 3 atom stereocenters. The molecule has 2 amide bonds. The molecule has 5 nitrogen and oxygen atoms in total. The molecule has 1 heterocycles. The SMILES string of the molecule is CSCCC(NC(=O)c1ccccc1Cl)C(=O)NC1CNCCC1C. The molecule has 0 aromatic heterocycles. The topological polar surface area (TPSA) is 70.2 Å². The van der Waals surface area contributed by atoms with Gasteiger partial charge < -0.3 is 16.0 Å². The summed E-state index contributed by atoms with van der Waals surface area (Å²) in [6, 6.07) is 6.39. The zero-order valence-electron chi connectivity index (χ0n) is 14.7. The Bertz CT molecular complexity index is 599. The van der Waals surface area contributed by atoms with Gasteiger partial charge in [-0.3, -0.25) is 9.59 Å². The average Bonchev–Trinajstić information content (AvgIpc) is 2.60. The first-order valence-corrected chi connectivity index (χ1v) is 10.4. The number of piperidine rings is 1. The molecule has 0 spiro atoms. The molecule has 138 valence electrons. The number of thioether (sulfide) groups is 1. The lowest BCUT2D eigenvalue weighted by atomic mass is 9.94. The smallest absolute Gasteiger partial charge is 0.253 e. The Morgan fingerprint density at radius 3 is 2.84 bits per heavy atom. The van der Waals surface area contributed by atoms with E-state index in [0.29, 0.717) is 22.9 Å². The third-order valence-corrected chi connectivity index (χ3v) is 5.48. The van der Waals surface area contributed by atoms with E-state index in [0.717, 1.165) is 25.3 Å². The molecule has 1 aliphatic heterocycles. The Kier molecular flexibility index (Phi) is 8.06. The molecule has 7 heteroatoms. The van der Waals surface area contributed by atoms with Crippen LogP contribution in [-0.2, 0) is 4.79 Å². The maximum Gasteiger partial charge on any atom is 0.253 e. The number of hydrogen-bond donors (Lipinski definition) is 3. The van der Waals surface area contributed by atoms with Crippen molar-refractivity contribution in [3.8, 4) is 0 Å². The highest BCUT2D eigenvalue weighted by atomic mass is 35.5. The average molecular weight is 384 g/mol. The number of carbonyl (C=O) groups is 2. The van der Waals surface area contributed by atoms with E-state index in [1.54, 1.807) is 36.0 Å². The second kappa shape index (κ2) is 10.0. The van der Waals surface area contributed by atoms with Crippen molar-refractivity contribution in [1.82, 2.24) is 16.0 Å². The predicted molar refractivity (Wildman–Crippen MR) is 104 cm³/mol. The third kappa shape index (κ3) is 5.90. The minimum Gasteiger partial charge on any atom is -0.350 e. The first-order chi connectivity index (χ1) is 12.0. The summed E-state index contributed by atoms with van der Waals surface area (Å²) in [5, 5.41) is 9.62. The van der Waals surface area contributed by atoms with Crippen LogP contribution < -0.4 is 16.0 Å². The van der Waals surface area contributed by atoms with Crippen LogP contribution in [0.5, 0.6) is 0 Å². The Hall–Kier alpha value is -1.24. The summed E-state index contributed by atoms with van der Waals surface area (Å²) in [5.74, 6) is 0.765. The van der Waals surface area contributed by atoms with E-state index >= 15 is 0 Å². The molecule has 1 fully saturated rings. The summed E-state index contributed by atoms with van der Waals surface area (Å²) in [6.45, 7) is 3.89. The van der Waals surface area contributed by atoms with Crippen molar-refractivity contribution in [2.24, 2.45) is 5.92 Å². The van der Waals surface area contributed by atoms with Crippen LogP contribution in [0.15, 0.2) is 24.3 Å². The number of halogens is 1. The number of benzene rings is 1. The van der Waals surface area contributed by atoms with Gasteiger partial charge in [0.15, 0.2) is 0 Å². The lowest BCUT2D eigenvalue weighted by molar-refractivity contribution is -0.124. The molecule has 3 unspecified atom stereocenters. The van der Waals surface area contributed by atoms with Crippen LogP contribution in [0.1, 0.15) is 30.1 Å². The van der Waals surface area contributed by atoms with Gasteiger partial charge in [0.1, 0.15) is 6.04 Å². The number of amides is 2. The lowest BCUT2D eigenvalue weighted by Crippen LogP contribution is -2.55. The van der Waals surface area contributed by atoms with Crippen LogP contribution in [0.3, 0.4) is 0 Å². The maximum atomic E-state index is 12.7. The summed E-state index contributed by atoms with van der Waals surface area (Å²) >= 11 is 7.74. The molecule has 25 heavy (non-hydrogen) atoms. The second-order valence-electron chi connectivity index (χ2n) is 6.37. The maximum absolute atomic E-state index is 12.7.